The number of rotatable bonds is 14. The molecule has 8 rings (SSSR count). The molecular weight excluding hydrogens is 755 g/mol. The first-order valence-corrected chi connectivity index (χ1v) is 20.3. The first-order valence-electron chi connectivity index (χ1n) is 18.6. The van der Waals surface area contributed by atoms with Gasteiger partial charge in [-0.3, -0.25) is 9.48 Å². The third-order valence-corrected chi connectivity index (χ3v) is 12.9. The van der Waals surface area contributed by atoms with Crippen molar-refractivity contribution >= 4 is 61.6 Å². The highest BCUT2D eigenvalue weighted by molar-refractivity contribution is 7.13. The largest absolute Gasteiger partial charge is 0.506 e. The van der Waals surface area contributed by atoms with Crippen molar-refractivity contribution in [3.63, 3.8) is 0 Å². The van der Waals surface area contributed by atoms with Crippen LogP contribution in [0.5, 0.6) is 5.75 Å². The number of carbonyl (C=O) groups is 1. The van der Waals surface area contributed by atoms with E-state index in [1.807, 2.05) is 41.3 Å². The average molecular weight is 798 g/mol. The number of benzene rings is 2. The van der Waals surface area contributed by atoms with E-state index >= 15 is 0 Å². The van der Waals surface area contributed by atoms with E-state index in [0.29, 0.717) is 50.9 Å². The highest BCUT2D eigenvalue weighted by atomic mass is 32.1. The number of esters is 1. The van der Waals surface area contributed by atoms with Crippen molar-refractivity contribution in [1.29, 1.82) is 0 Å². The topological polar surface area (TPSA) is 207 Å². The van der Waals surface area contributed by atoms with Gasteiger partial charge < -0.3 is 35.3 Å². The number of thiophene rings is 2. The van der Waals surface area contributed by atoms with Gasteiger partial charge in [-0.05, 0) is 111 Å². The van der Waals surface area contributed by atoms with Gasteiger partial charge in [0, 0.05) is 42.0 Å². The molecule has 0 aliphatic heterocycles. The molecule has 0 saturated heterocycles. The van der Waals surface area contributed by atoms with Crippen LogP contribution in [-0.4, -0.2) is 93.9 Å². The van der Waals surface area contributed by atoms with E-state index in [9.17, 15) is 24.9 Å². The molecule has 292 valence electrons. The summed E-state index contributed by atoms with van der Waals surface area (Å²) in [6.45, 7) is 4.06. The molecule has 0 radical (unpaired) electrons. The molecule has 6 N–H and O–H groups in total. The maximum absolute atomic E-state index is 13.5. The highest BCUT2D eigenvalue weighted by Gasteiger charge is 2.45. The smallest absolute Gasteiger partial charge is 0.349 e. The Labute approximate surface area is 328 Å². The van der Waals surface area contributed by atoms with Crippen LogP contribution >= 0.6 is 22.7 Å². The first kappa shape index (κ1) is 37.9. The van der Waals surface area contributed by atoms with Crippen LogP contribution in [0.4, 0.5) is 0 Å². The number of fused-ring (bicyclic) bond motifs is 4. The van der Waals surface area contributed by atoms with Crippen LogP contribution in [0.15, 0.2) is 64.8 Å². The van der Waals surface area contributed by atoms with Crippen LogP contribution in [0.3, 0.4) is 0 Å². The summed E-state index contributed by atoms with van der Waals surface area (Å²) in [5.41, 5.74) is 2.40. The van der Waals surface area contributed by atoms with Gasteiger partial charge in [-0.25, -0.2) is 10.0 Å². The van der Waals surface area contributed by atoms with Gasteiger partial charge >= 0.3 is 5.97 Å². The zero-order valence-electron chi connectivity index (χ0n) is 30.9. The van der Waals surface area contributed by atoms with Gasteiger partial charge in [0.2, 0.25) is 11.2 Å². The van der Waals surface area contributed by atoms with Crippen molar-refractivity contribution in [1.82, 2.24) is 45.6 Å². The number of nitrogens with zero attached hydrogens (tertiary/aromatic N) is 6. The maximum atomic E-state index is 13.5. The monoisotopic (exact) mass is 797 g/mol. The second-order valence-electron chi connectivity index (χ2n) is 14.5. The Hall–Kier alpha value is -5.04. The molecule has 56 heavy (non-hydrogen) atoms. The number of aromatic amines is 2. The molecule has 0 bridgehead atoms. The Morgan fingerprint density at radius 3 is 2.70 bits per heavy atom. The van der Waals surface area contributed by atoms with Gasteiger partial charge in [-0.1, -0.05) is 12.1 Å². The van der Waals surface area contributed by atoms with Crippen LogP contribution in [0.2, 0.25) is 0 Å². The lowest BCUT2D eigenvalue weighted by atomic mass is 9.91. The lowest BCUT2D eigenvalue weighted by molar-refractivity contribution is -0.169. The number of hydrogen-bond donors (Lipinski definition) is 6. The molecule has 2 aromatic carbocycles. The molecule has 0 amide bonds. The van der Waals surface area contributed by atoms with E-state index in [4.69, 9.17) is 4.74 Å². The molecule has 1 saturated carbocycles. The molecule has 1 fully saturated rings. The predicted octanol–water partition coefficient (Wildman–Crippen LogP) is 4.62. The Morgan fingerprint density at radius 2 is 1.93 bits per heavy atom. The number of aliphatic hydroxyl groups is 2. The second-order valence-corrected chi connectivity index (χ2v) is 16.7. The number of pyridine rings is 1. The van der Waals surface area contributed by atoms with Crippen molar-refractivity contribution in [2.45, 2.75) is 76.0 Å². The van der Waals surface area contributed by atoms with Crippen LogP contribution in [0.25, 0.3) is 33.0 Å². The summed E-state index contributed by atoms with van der Waals surface area (Å²) >= 11 is 2.76. The summed E-state index contributed by atoms with van der Waals surface area (Å²) in [5, 5.41) is 59.0. The molecule has 5 aromatic heterocycles. The van der Waals surface area contributed by atoms with Crippen molar-refractivity contribution in [3.05, 3.63) is 96.1 Å². The van der Waals surface area contributed by atoms with E-state index in [1.165, 1.54) is 34.8 Å². The minimum atomic E-state index is -1.80. The predicted molar refractivity (Wildman–Crippen MR) is 214 cm³/mol. The number of aliphatic hydroxyl groups excluding tert-OH is 1. The maximum Gasteiger partial charge on any atom is 0.349 e. The minimum Gasteiger partial charge on any atom is -0.506 e. The second kappa shape index (κ2) is 15.8. The average Bonchev–Trinajstić information content (AvgIpc) is 4.03. The standard InChI is InChI=1S/C39H43N9O6S2/c1-22-6-14-32(56-22)39(53,31-5-3-18-55-31)38(52)54-25-9-7-24(8-10-25)47(2)16-4-17-48-37-28(42-46-48)19-23(34-36(37)44-45-43-34)20-40-21-30(50)26-11-13-29(49)35-27(26)12-15-33(51)41-35/h3,5-6,11-15,18-19,24-25,30,40,46,49-50,53H,4,7-10,16-17,20-21H2,1-2H3,(H,41,51)/t24?,25?,30-,39?/m0/s1. The van der Waals surface area contributed by atoms with Crippen LogP contribution < -0.4 is 10.9 Å². The van der Waals surface area contributed by atoms with Gasteiger partial charge in [-0.2, -0.15) is 5.10 Å². The van der Waals surface area contributed by atoms with Gasteiger partial charge in [-0.15, -0.1) is 32.9 Å². The SMILES string of the molecule is Cc1ccc(C(O)(C(=O)OC2CCC(N(C)CCCn3[nH]nc4cc(CNC[C@H](O)c5ccc(O)c6[nH]c(=O)ccc56)c5nnnc5c43)CC2)c2cccs2)s1. The number of nitrogens with one attached hydrogen (secondary N) is 3. The normalized spacial score (nSPS) is 17.9. The van der Waals surface area contributed by atoms with Gasteiger partial charge in [0.25, 0.3) is 0 Å². The number of H-pyrrole nitrogens is 2. The fraction of sp³-hybridized carbons (Fsp3) is 0.385. The lowest BCUT2D eigenvalue weighted by Crippen LogP contribution is -2.42. The van der Waals surface area contributed by atoms with Crippen LogP contribution in [0.1, 0.15) is 64.0 Å². The molecule has 7 aromatic rings. The lowest BCUT2D eigenvalue weighted by Gasteiger charge is -2.35. The summed E-state index contributed by atoms with van der Waals surface area (Å²) in [5.74, 6) is -0.670. The molecular formula is C39H43N9O6S2. The summed E-state index contributed by atoms with van der Waals surface area (Å²) in [6.07, 6.45) is 2.94. The highest BCUT2D eigenvalue weighted by Crippen LogP contribution is 2.39. The van der Waals surface area contributed by atoms with Gasteiger partial charge in [0.05, 0.1) is 21.4 Å². The minimum absolute atomic E-state index is 0.0619. The molecule has 2 atom stereocenters. The quantitative estimate of drug-likeness (QED) is 0.0835. The molecule has 0 spiro atoms. The Balaban J connectivity index is 0.847. The Morgan fingerprint density at radius 1 is 1.11 bits per heavy atom. The van der Waals surface area contributed by atoms with E-state index in [0.717, 1.165) is 60.1 Å². The fourth-order valence-corrected chi connectivity index (χ4v) is 9.61. The molecule has 15 nitrogen and oxygen atoms in total. The number of phenolic OH excluding ortho intramolecular Hbond substituents is 1. The number of ether oxygens (including phenoxy) is 1. The summed E-state index contributed by atoms with van der Waals surface area (Å²) in [6, 6.07) is 15.7. The van der Waals surface area contributed by atoms with Crippen molar-refractivity contribution in [2.24, 2.45) is 0 Å². The fourth-order valence-electron chi connectivity index (χ4n) is 7.76. The number of aryl methyl sites for hydroxylation is 2. The molecule has 5 heterocycles. The zero-order chi connectivity index (χ0) is 39.0. The van der Waals surface area contributed by atoms with Gasteiger partial charge in [0.1, 0.15) is 33.9 Å². The van der Waals surface area contributed by atoms with Crippen LogP contribution in [0, 0.1) is 6.92 Å². The molecule has 1 unspecified atom stereocenters. The molecule has 1 aliphatic carbocycles. The Bertz CT molecular complexity index is 2540. The number of aromatic hydroxyl groups is 1. The first-order chi connectivity index (χ1) is 27.1. The Kier molecular flexibility index (Phi) is 10.7. The van der Waals surface area contributed by atoms with Crippen molar-refractivity contribution < 1.29 is 24.9 Å². The third kappa shape index (κ3) is 7.33. The number of hydrogen-bond acceptors (Lipinski definition) is 14. The van der Waals surface area contributed by atoms with Gasteiger partial charge in [0.15, 0.2) is 0 Å². The number of carbonyl (C=O) groups excluding carboxylic acids is 1. The number of aromatic nitrogens is 7. The van der Waals surface area contributed by atoms with E-state index in [-0.39, 0.29) is 29.5 Å². The number of phenols is 1. The van der Waals surface area contributed by atoms with E-state index in [1.54, 1.807) is 18.2 Å². The summed E-state index contributed by atoms with van der Waals surface area (Å²) in [7, 11) is 2.13. The van der Waals surface area contributed by atoms with E-state index in [2.05, 4.69) is 48.0 Å². The van der Waals surface area contributed by atoms with Crippen LogP contribution in [-0.2, 0) is 28.2 Å². The molecule has 1 aliphatic rings. The summed E-state index contributed by atoms with van der Waals surface area (Å²) < 4.78 is 7.97. The zero-order valence-corrected chi connectivity index (χ0v) is 32.6. The van der Waals surface area contributed by atoms with Crippen molar-refractivity contribution in [2.75, 3.05) is 20.1 Å². The third-order valence-electron chi connectivity index (χ3n) is 10.8. The van der Waals surface area contributed by atoms with Crippen molar-refractivity contribution in [3.8, 4) is 5.75 Å². The van der Waals surface area contributed by atoms with E-state index < -0.39 is 17.7 Å². The summed E-state index contributed by atoms with van der Waals surface area (Å²) in [4.78, 5) is 32.5. The molecule has 17 heteroatoms.